The monoisotopic (exact) mass is 481 g/mol. The molecule has 5 nitrogen and oxygen atoms in total. The van der Waals surface area contributed by atoms with Crippen molar-refractivity contribution < 1.29 is 0 Å². The maximum Gasteiger partial charge on any atom is 0.110 e. The fourth-order valence-electron chi connectivity index (χ4n) is 3.34. The van der Waals surface area contributed by atoms with Gasteiger partial charge in [0.1, 0.15) is 5.69 Å². The van der Waals surface area contributed by atoms with Crippen LogP contribution in [-0.4, -0.2) is 26.3 Å². The predicted octanol–water partition coefficient (Wildman–Crippen LogP) is 6.41. The molecular formula is C21H22Cl3N5S. The topological polar surface area (TPSA) is 58.5 Å². The molecule has 0 spiro atoms. The smallest absolute Gasteiger partial charge is 0.110 e. The third-order valence-electron chi connectivity index (χ3n) is 4.73. The van der Waals surface area contributed by atoms with E-state index in [0.717, 1.165) is 42.0 Å². The summed E-state index contributed by atoms with van der Waals surface area (Å²) in [6.07, 6.45) is 6.72. The first kappa shape index (κ1) is 24.0. The van der Waals surface area contributed by atoms with Crippen LogP contribution >= 0.6 is 48.6 Å². The summed E-state index contributed by atoms with van der Waals surface area (Å²) >= 11 is 1.79. The van der Waals surface area contributed by atoms with Gasteiger partial charge in [0, 0.05) is 46.8 Å². The second kappa shape index (κ2) is 10.7. The van der Waals surface area contributed by atoms with Crippen molar-refractivity contribution in [2.24, 2.45) is 0 Å². The molecule has 0 bridgehead atoms. The lowest BCUT2D eigenvalue weighted by atomic mass is 10.1. The molecule has 0 atom stereocenters. The van der Waals surface area contributed by atoms with Gasteiger partial charge in [-0.1, -0.05) is 30.3 Å². The first-order chi connectivity index (χ1) is 13.4. The van der Waals surface area contributed by atoms with E-state index < -0.39 is 0 Å². The van der Waals surface area contributed by atoms with E-state index in [0.29, 0.717) is 0 Å². The van der Waals surface area contributed by atoms with Gasteiger partial charge in [-0.2, -0.15) is 5.10 Å². The number of nitrogens with zero attached hydrogens (tertiary/aromatic N) is 3. The number of imidazole rings is 1. The number of hydrogen-bond acceptors (Lipinski definition) is 4. The van der Waals surface area contributed by atoms with Crippen molar-refractivity contribution in [1.82, 2.24) is 19.7 Å². The summed E-state index contributed by atoms with van der Waals surface area (Å²) in [7, 11) is 0. The standard InChI is InChI=1S/C21H19N5S.3ClH/c1-2-5-18-17(4-1)20-21(27-18)19(24-25-20)15-6-8-16(9-7-15)23-10-3-12-26-13-11-22-14-26;;;/h1-2,4-9,11,13-14,23H,3,10,12H2,(H,24,25);3*1H. The number of aryl methyl sites for hydroxylation is 1. The van der Waals surface area contributed by atoms with Gasteiger partial charge in [0.25, 0.3) is 0 Å². The van der Waals surface area contributed by atoms with Crippen molar-refractivity contribution in [3.63, 3.8) is 0 Å². The molecule has 5 rings (SSSR count). The van der Waals surface area contributed by atoms with E-state index in [-0.39, 0.29) is 37.2 Å². The molecule has 9 heteroatoms. The Morgan fingerprint density at radius 2 is 1.80 bits per heavy atom. The molecule has 0 radical (unpaired) electrons. The number of thiophene rings is 1. The number of benzene rings is 2. The molecule has 0 aliphatic heterocycles. The van der Waals surface area contributed by atoms with E-state index in [1.165, 1.54) is 14.8 Å². The zero-order valence-corrected chi connectivity index (χ0v) is 19.2. The molecule has 0 unspecified atom stereocenters. The quantitative estimate of drug-likeness (QED) is 0.275. The fourth-order valence-corrected chi connectivity index (χ4v) is 4.51. The summed E-state index contributed by atoms with van der Waals surface area (Å²) < 4.78 is 4.61. The van der Waals surface area contributed by atoms with Gasteiger partial charge in [-0.05, 0) is 24.6 Å². The van der Waals surface area contributed by atoms with Crippen LogP contribution in [0.2, 0.25) is 0 Å². The molecule has 3 heterocycles. The van der Waals surface area contributed by atoms with Crippen LogP contribution in [0.5, 0.6) is 0 Å². The Morgan fingerprint density at radius 3 is 2.57 bits per heavy atom. The normalized spacial score (nSPS) is 10.3. The number of anilines is 1. The van der Waals surface area contributed by atoms with Gasteiger partial charge in [-0.15, -0.1) is 48.6 Å². The molecule has 0 aliphatic rings. The summed E-state index contributed by atoms with van der Waals surface area (Å²) in [6.45, 7) is 1.91. The van der Waals surface area contributed by atoms with Crippen molar-refractivity contribution in [1.29, 1.82) is 0 Å². The first-order valence-corrected chi connectivity index (χ1v) is 9.86. The van der Waals surface area contributed by atoms with E-state index in [2.05, 4.69) is 73.6 Å². The van der Waals surface area contributed by atoms with Gasteiger partial charge in [0.05, 0.1) is 16.5 Å². The highest BCUT2D eigenvalue weighted by molar-refractivity contribution is 7.26. The van der Waals surface area contributed by atoms with Gasteiger partial charge in [-0.3, -0.25) is 5.10 Å². The summed E-state index contributed by atoms with van der Waals surface area (Å²) in [6, 6.07) is 17.0. The molecule has 2 N–H and O–H groups in total. The molecule has 0 amide bonds. The maximum absolute atomic E-state index is 4.57. The van der Waals surface area contributed by atoms with Crippen molar-refractivity contribution >= 4 is 74.5 Å². The summed E-state index contributed by atoms with van der Waals surface area (Å²) in [5.74, 6) is 0. The zero-order valence-electron chi connectivity index (χ0n) is 15.9. The Bertz CT molecular complexity index is 1180. The van der Waals surface area contributed by atoms with Crippen LogP contribution in [0, 0.1) is 0 Å². The summed E-state index contributed by atoms with van der Waals surface area (Å²) in [5, 5.41) is 12.5. The number of fused-ring (bicyclic) bond motifs is 3. The number of halogens is 3. The lowest BCUT2D eigenvalue weighted by Gasteiger charge is -2.07. The highest BCUT2D eigenvalue weighted by Crippen LogP contribution is 2.38. The van der Waals surface area contributed by atoms with Crippen LogP contribution in [0.4, 0.5) is 5.69 Å². The number of aromatic nitrogens is 4. The average molecular weight is 483 g/mol. The van der Waals surface area contributed by atoms with Gasteiger partial charge >= 0.3 is 0 Å². The molecule has 5 aromatic rings. The highest BCUT2D eigenvalue weighted by Gasteiger charge is 2.13. The number of H-pyrrole nitrogens is 1. The minimum absolute atomic E-state index is 0. The molecule has 0 aliphatic carbocycles. The van der Waals surface area contributed by atoms with E-state index in [1.807, 2.05) is 18.7 Å². The molecule has 158 valence electrons. The Morgan fingerprint density at radius 1 is 1.00 bits per heavy atom. The molecule has 0 saturated carbocycles. The third kappa shape index (κ3) is 4.73. The van der Waals surface area contributed by atoms with Gasteiger partial charge < -0.3 is 9.88 Å². The van der Waals surface area contributed by atoms with Crippen molar-refractivity contribution in [2.45, 2.75) is 13.0 Å². The zero-order chi connectivity index (χ0) is 18.1. The second-order valence-electron chi connectivity index (χ2n) is 6.53. The fraction of sp³-hybridized carbons (Fsp3) is 0.143. The van der Waals surface area contributed by atoms with Crippen molar-refractivity contribution in [3.8, 4) is 11.3 Å². The van der Waals surface area contributed by atoms with E-state index in [4.69, 9.17) is 0 Å². The largest absolute Gasteiger partial charge is 0.385 e. The number of nitrogens with one attached hydrogen (secondary N) is 2. The van der Waals surface area contributed by atoms with Crippen LogP contribution in [0.15, 0.2) is 67.3 Å². The van der Waals surface area contributed by atoms with Crippen LogP contribution < -0.4 is 5.32 Å². The van der Waals surface area contributed by atoms with E-state index >= 15 is 0 Å². The van der Waals surface area contributed by atoms with Crippen LogP contribution in [0.1, 0.15) is 6.42 Å². The van der Waals surface area contributed by atoms with Gasteiger partial charge in [0.15, 0.2) is 0 Å². The van der Waals surface area contributed by atoms with Crippen LogP contribution in [0.3, 0.4) is 0 Å². The number of hydrogen-bond donors (Lipinski definition) is 2. The molecule has 0 fully saturated rings. The van der Waals surface area contributed by atoms with Gasteiger partial charge in [-0.25, -0.2) is 4.98 Å². The minimum atomic E-state index is 0. The minimum Gasteiger partial charge on any atom is -0.385 e. The maximum atomic E-state index is 4.57. The number of aromatic amines is 1. The van der Waals surface area contributed by atoms with E-state index in [1.54, 1.807) is 11.3 Å². The summed E-state index contributed by atoms with van der Waals surface area (Å²) in [5.41, 5.74) is 4.43. The molecular weight excluding hydrogens is 461 g/mol. The molecule has 30 heavy (non-hydrogen) atoms. The predicted molar refractivity (Wildman–Crippen MR) is 134 cm³/mol. The van der Waals surface area contributed by atoms with Crippen LogP contribution in [-0.2, 0) is 6.54 Å². The Kier molecular flexibility index (Phi) is 8.55. The highest BCUT2D eigenvalue weighted by atomic mass is 35.5. The second-order valence-corrected chi connectivity index (χ2v) is 7.58. The molecule has 2 aromatic carbocycles. The SMILES string of the molecule is Cl.Cl.Cl.c1ccc2c(c1)sc1c(-c3ccc(NCCCn4ccnc4)cc3)n[nH]c12. The summed E-state index contributed by atoms with van der Waals surface area (Å²) in [4.78, 5) is 4.06. The van der Waals surface area contributed by atoms with Crippen molar-refractivity contribution in [3.05, 3.63) is 67.3 Å². The number of rotatable bonds is 6. The lowest BCUT2D eigenvalue weighted by molar-refractivity contribution is 0.661. The molecule has 3 aromatic heterocycles. The Balaban J connectivity index is 0.00000107. The third-order valence-corrected chi connectivity index (χ3v) is 5.91. The average Bonchev–Trinajstić information content (AvgIpc) is 3.43. The Labute approximate surface area is 197 Å². The molecule has 0 saturated heterocycles. The van der Waals surface area contributed by atoms with Crippen molar-refractivity contribution in [2.75, 3.05) is 11.9 Å². The van der Waals surface area contributed by atoms with E-state index in [9.17, 15) is 0 Å². The first-order valence-electron chi connectivity index (χ1n) is 9.04. The van der Waals surface area contributed by atoms with Gasteiger partial charge in [0.2, 0.25) is 0 Å². The lowest BCUT2D eigenvalue weighted by Crippen LogP contribution is -2.05. The van der Waals surface area contributed by atoms with Crippen LogP contribution in [0.25, 0.3) is 31.6 Å². The Hall–Kier alpha value is -2.25.